The third-order valence-corrected chi connectivity index (χ3v) is 7.24. The number of nitrogens with one attached hydrogen (secondary N) is 2. The van der Waals surface area contributed by atoms with Crippen molar-refractivity contribution in [2.45, 2.75) is 102 Å². The minimum Gasteiger partial charge on any atom is -0.444 e. The highest BCUT2D eigenvalue weighted by atomic mass is 16.6. The Morgan fingerprint density at radius 3 is 2.59 bits per heavy atom. The molecule has 0 aromatic carbocycles. The van der Waals surface area contributed by atoms with Gasteiger partial charge >= 0.3 is 6.09 Å². The third kappa shape index (κ3) is 5.40. The fraction of sp³-hybridized carbons (Fsp3) is 0.720. The number of carbonyl (C=O) groups is 1. The molecule has 0 spiro atoms. The lowest BCUT2D eigenvalue weighted by atomic mass is 9.87. The van der Waals surface area contributed by atoms with Gasteiger partial charge in [0.25, 0.3) is 0 Å². The average molecular weight is 470 g/mol. The number of tetrazole rings is 1. The highest BCUT2D eigenvalue weighted by Gasteiger charge is 2.48. The Morgan fingerprint density at radius 2 is 2.03 bits per heavy atom. The summed E-state index contributed by atoms with van der Waals surface area (Å²) in [6.45, 7) is 11.1. The topological polar surface area (TPSA) is 107 Å². The molecule has 9 heteroatoms. The van der Waals surface area contributed by atoms with Crippen LogP contribution < -0.4 is 10.6 Å². The van der Waals surface area contributed by atoms with E-state index in [2.05, 4.69) is 52.1 Å². The van der Waals surface area contributed by atoms with E-state index in [1.807, 2.05) is 31.6 Å². The average Bonchev–Trinajstić information content (AvgIpc) is 3.38. The molecule has 2 aromatic rings. The summed E-state index contributed by atoms with van der Waals surface area (Å²) in [4.78, 5) is 17.0. The Balaban J connectivity index is 1.53. The predicted octanol–water partition coefficient (Wildman–Crippen LogP) is 3.94. The third-order valence-electron chi connectivity index (χ3n) is 7.24. The van der Waals surface area contributed by atoms with Gasteiger partial charge in [0.2, 0.25) is 0 Å². The predicted molar refractivity (Wildman–Crippen MR) is 129 cm³/mol. The Labute approximate surface area is 202 Å². The molecule has 186 valence electrons. The molecule has 4 rings (SSSR count). The van der Waals surface area contributed by atoms with Crippen molar-refractivity contribution in [3.05, 3.63) is 35.4 Å². The number of hydrogen-bond acceptors (Lipinski definition) is 7. The number of alkyl carbamates (subject to hydrolysis) is 1. The van der Waals surface area contributed by atoms with E-state index in [1.165, 1.54) is 12.0 Å². The van der Waals surface area contributed by atoms with Crippen molar-refractivity contribution in [3.63, 3.8) is 0 Å². The fourth-order valence-corrected chi connectivity index (χ4v) is 4.61. The smallest absolute Gasteiger partial charge is 0.407 e. The zero-order valence-electron chi connectivity index (χ0n) is 21.2. The van der Waals surface area contributed by atoms with E-state index in [1.54, 1.807) is 0 Å². The molecular formula is C25H39N7O2. The van der Waals surface area contributed by atoms with Gasteiger partial charge in [-0.05, 0) is 94.7 Å². The van der Waals surface area contributed by atoms with E-state index >= 15 is 0 Å². The SMILES string of the molecule is CCC(CCNC(=O)OC(C)(C)C)(NCC1(c2ccc(C)cn2)CC1)c1nnnn1C1CCC1. The molecule has 0 saturated heterocycles. The molecule has 2 heterocycles. The van der Waals surface area contributed by atoms with Crippen molar-refractivity contribution < 1.29 is 9.53 Å². The van der Waals surface area contributed by atoms with Crippen LogP contribution in [0, 0.1) is 6.92 Å². The number of ether oxygens (including phenoxy) is 1. The molecule has 34 heavy (non-hydrogen) atoms. The molecule has 2 N–H and O–H groups in total. The molecule has 2 fully saturated rings. The van der Waals surface area contributed by atoms with Gasteiger partial charge in [0.05, 0.1) is 11.6 Å². The quantitative estimate of drug-likeness (QED) is 0.543. The molecule has 1 amide bonds. The summed E-state index contributed by atoms with van der Waals surface area (Å²) in [5.41, 5.74) is 1.36. The first kappa shape index (κ1) is 24.6. The van der Waals surface area contributed by atoms with Crippen LogP contribution in [0.1, 0.15) is 95.8 Å². The van der Waals surface area contributed by atoms with Crippen LogP contribution in [0.5, 0.6) is 0 Å². The summed E-state index contributed by atoms with van der Waals surface area (Å²) in [6.07, 6.45) is 8.64. The van der Waals surface area contributed by atoms with Crippen LogP contribution in [0.2, 0.25) is 0 Å². The van der Waals surface area contributed by atoms with Crippen LogP contribution in [0.4, 0.5) is 4.79 Å². The molecule has 0 radical (unpaired) electrons. The van der Waals surface area contributed by atoms with Crippen LogP contribution in [0.25, 0.3) is 0 Å². The second-order valence-corrected chi connectivity index (χ2v) is 11.0. The van der Waals surface area contributed by atoms with Crippen LogP contribution in [0.15, 0.2) is 18.3 Å². The second kappa shape index (κ2) is 9.60. The summed E-state index contributed by atoms with van der Waals surface area (Å²) in [5, 5.41) is 19.7. The minimum absolute atomic E-state index is 0.0431. The van der Waals surface area contributed by atoms with Gasteiger partial charge in [-0.1, -0.05) is 13.0 Å². The first-order chi connectivity index (χ1) is 16.2. The molecular weight excluding hydrogens is 430 g/mol. The fourth-order valence-electron chi connectivity index (χ4n) is 4.61. The molecule has 0 bridgehead atoms. The summed E-state index contributed by atoms with van der Waals surface area (Å²) < 4.78 is 7.44. The highest BCUT2D eigenvalue weighted by Crippen LogP contribution is 2.47. The molecule has 1 unspecified atom stereocenters. The van der Waals surface area contributed by atoms with Gasteiger partial charge < -0.3 is 15.4 Å². The lowest BCUT2D eigenvalue weighted by molar-refractivity contribution is 0.0520. The Morgan fingerprint density at radius 1 is 1.26 bits per heavy atom. The number of hydrogen-bond donors (Lipinski definition) is 2. The van der Waals surface area contributed by atoms with E-state index in [-0.39, 0.29) is 5.41 Å². The molecule has 1 atom stereocenters. The molecule has 2 aliphatic rings. The lowest BCUT2D eigenvalue weighted by Gasteiger charge is -2.37. The summed E-state index contributed by atoms with van der Waals surface area (Å²) in [5.74, 6) is 0.860. The maximum absolute atomic E-state index is 12.3. The molecule has 2 saturated carbocycles. The number of pyridine rings is 1. The minimum atomic E-state index is -0.530. The van der Waals surface area contributed by atoms with E-state index < -0.39 is 17.2 Å². The van der Waals surface area contributed by atoms with E-state index in [0.717, 1.165) is 50.2 Å². The van der Waals surface area contributed by atoms with Gasteiger partial charge in [0.1, 0.15) is 5.60 Å². The van der Waals surface area contributed by atoms with Crippen molar-refractivity contribution in [1.29, 1.82) is 0 Å². The summed E-state index contributed by atoms with van der Waals surface area (Å²) in [7, 11) is 0. The van der Waals surface area contributed by atoms with Crippen molar-refractivity contribution in [2.75, 3.05) is 13.1 Å². The number of nitrogens with zero attached hydrogens (tertiary/aromatic N) is 5. The molecule has 2 aromatic heterocycles. The first-order valence-electron chi connectivity index (χ1n) is 12.6. The number of amides is 1. The number of rotatable bonds is 10. The molecule has 0 aliphatic heterocycles. The normalized spacial score (nSPS) is 19.2. The van der Waals surface area contributed by atoms with Crippen molar-refractivity contribution in [2.24, 2.45) is 0 Å². The molecule has 2 aliphatic carbocycles. The Bertz CT molecular complexity index is 974. The Hall–Kier alpha value is -2.55. The van der Waals surface area contributed by atoms with Crippen molar-refractivity contribution in [3.8, 4) is 0 Å². The largest absolute Gasteiger partial charge is 0.444 e. The van der Waals surface area contributed by atoms with Crippen molar-refractivity contribution in [1.82, 2.24) is 35.8 Å². The zero-order valence-corrected chi connectivity index (χ0v) is 21.2. The maximum Gasteiger partial charge on any atom is 0.407 e. The van der Waals surface area contributed by atoms with Crippen LogP contribution in [0.3, 0.4) is 0 Å². The number of aromatic nitrogens is 5. The van der Waals surface area contributed by atoms with Gasteiger partial charge in [-0.3, -0.25) is 4.98 Å². The Kier molecular flexibility index (Phi) is 6.94. The van der Waals surface area contributed by atoms with Gasteiger partial charge in [-0.2, -0.15) is 0 Å². The molecule has 9 nitrogen and oxygen atoms in total. The first-order valence-corrected chi connectivity index (χ1v) is 12.6. The van der Waals surface area contributed by atoms with Gasteiger partial charge in [-0.25, -0.2) is 9.48 Å². The highest BCUT2D eigenvalue weighted by molar-refractivity contribution is 5.67. The van der Waals surface area contributed by atoms with Crippen LogP contribution in [-0.4, -0.2) is 50.0 Å². The van der Waals surface area contributed by atoms with E-state index in [9.17, 15) is 4.79 Å². The number of carbonyl (C=O) groups excluding carboxylic acids is 1. The van der Waals surface area contributed by atoms with Crippen molar-refractivity contribution >= 4 is 6.09 Å². The zero-order chi connectivity index (χ0) is 24.4. The van der Waals surface area contributed by atoms with Gasteiger partial charge in [-0.15, -0.1) is 5.10 Å². The monoisotopic (exact) mass is 469 g/mol. The van der Waals surface area contributed by atoms with Crippen LogP contribution >= 0.6 is 0 Å². The van der Waals surface area contributed by atoms with Crippen LogP contribution in [-0.2, 0) is 15.7 Å². The standard InChI is InChI=1S/C25H39N7O2/c1-6-25(14-15-26-22(33)34-23(3,4)5,21-29-30-31-32(21)19-8-7-9-19)28-17-24(12-13-24)20-11-10-18(2)16-27-20/h10-11,16,19,28H,6-9,12-15,17H2,1-5H3,(H,26,33). The van der Waals surface area contributed by atoms with Gasteiger partial charge in [0, 0.05) is 30.4 Å². The van der Waals surface area contributed by atoms with E-state index in [4.69, 9.17) is 9.72 Å². The lowest BCUT2D eigenvalue weighted by Crippen LogP contribution is -2.50. The summed E-state index contributed by atoms with van der Waals surface area (Å²) >= 11 is 0. The van der Waals surface area contributed by atoms with E-state index in [0.29, 0.717) is 19.0 Å². The second-order valence-electron chi connectivity index (χ2n) is 11.0. The maximum atomic E-state index is 12.3. The summed E-state index contributed by atoms with van der Waals surface area (Å²) in [6, 6.07) is 4.64. The number of aryl methyl sites for hydroxylation is 1. The van der Waals surface area contributed by atoms with Gasteiger partial charge in [0.15, 0.2) is 5.82 Å².